The molecule has 0 saturated carbocycles. The molecule has 0 aliphatic carbocycles. The molecule has 0 spiro atoms. The summed E-state index contributed by atoms with van der Waals surface area (Å²) in [6.45, 7) is 6.26. The second-order valence-corrected chi connectivity index (χ2v) is 6.53. The number of sulfonamides is 1. The minimum Gasteiger partial charge on any atom is -0.488 e. The van der Waals surface area contributed by atoms with E-state index in [1.165, 1.54) is 0 Å². The van der Waals surface area contributed by atoms with E-state index in [2.05, 4.69) is 4.72 Å². The first-order valence-corrected chi connectivity index (χ1v) is 7.88. The molecule has 106 valence electrons. The highest BCUT2D eigenvalue weighted by Gasteiger charge is 2.28. The van der Waals surface area contributed by atoms with Crippen molar-refractivity contribution >= 4 is 10.0 Å². The zero-order valence-corrected chi connectivity index (χ0v) is 12.3. The molecule has 1 atom stereocenters. The topological polar surface area (TPSA) is 81.4 Å². The molecule has 3 N–H and O–H groups in total. The van der Waals surface area contributed by atoms with Gasteiger partial charge in [0, 0.05) is 19.5 Å². The Bertz CT molecular complexity index is 596. The van der Waals surface area contributed by atoms with Crippen LogP contribution in [-0.2, 0) is 16.4 Å². The Balaban J connectivity index is 2.54. The maximum absolute atomic E-state index is 12.2. The Morgan fingerprint density at radius 3 is 2.68 bits per heavy atom. The molecule has 5 nitrogen and oxygen atoms in total. The molecule has 0 saturated heterocycles. The van der Waals surface area contributed by atoms with E-state index < -0.39 is 10.0 Å². The SMILES string of the molecule is CCNS(=O)(=O)c1cc2c(c(C)c1C)OC(CN)C2. The molecule has 1 aromatic rings. The van der Waals surface area contributed by atoms with E-state index in [0.29, 0.717) is 24.4 Å². The molecule has 0 amide bonds. The van der Waals surface area contributed by atoms with Gasteiger partial charge in [-0.15, -0.1) is 0 Å². The lowest BCUT2D eigenvalue weighted by atomic mass is 10.0. The van der Waals surface area contributed by atoms with Crippen LogP contribution in [0.4, 0.5) is 0 Å². The van der Waals surface area contributed by atoms with E-state index in [1.807, 2.05) is 6.92 Å². The molecular formula is C13H20N2O3S. The van der Waals surface area contributed by atoms with E-state index in [-0.39, 0.29) is 6.10 Å². The second kappa shape index (κ2) is 5.11. The van der Waals surface area contributed by atoms with Crippen molar-refractivity contribution in [3.05, 3.63) is 22.8 Å². The second-order valence-electron chi connectivity index (χ2n) is 4.79. The largest absolute Gasteiger partial charge is 0.488 e. The normalized spacial score (nSPS) is 18.2. The van der Waals surface area contributed by atoms with Crippen molar-refractivity contribution in [2.45, 2.75) is 38.2 Å². The predicted octanol–water partition coefficient (Wildman–Crippen LogP) is 0.864. The lowest BCUT2D eigenvalue weighted by Gasteiger charge is -2.14. The standard InChI is InChI=1S/C13H20N2O3S/c1-4-15-19(16,17)12-6-10-5-11(7-14)18-13(10)9(3)8(12)2/h6,11,15H,4-5,7,14H2,1-3H3. The van der Waals surface area contributed by atoms with Crippen LogP contribution in [0.3, 0.4) is 0 Å². The molecule has 0 bridgehead atoms. The summed E-state index contributed by atoms with van der Waals surface area (Å²) in [5, 5.41) is 0. The van der Waals surface area contributed by atoms with Gasteiger partial charge in [-0.25, -0.2) is 13.1 Å². The van der Waals surface area contributed by atoms with Crippen molar-refractivity contribution < 1.29 is 13.2 Å². The third kappa shape index (κ3) is 2.48. The smallest absolute Gasteiger partial charge is 0.240 e. The van der Waals surface area contributed by atoms with Crippen molar-refractivity contribution in [2.24, 2.45) is 5.73 Å². The minimum absolute atomic E-state index is 0.0508. The molecule has 1 aromatic carbocycles. The van der Waals surface area contributed by atoms with Gasteiger partial charge in [0.1, 0.15) is 11.9 Å². The van der Waals surface area contributed by atoms with Crippen LogP contribution < -0.4 is 15.2 Å². The van der Waals surface area contributed by atoms with Crippen LogP contribution in [0.25, 0.3) is 0 Å². The Morgan fingerprint density at radius 2 is 2.11 bits per heavy atom. The summed E-state index contributed by atoms with van der Waals surface area (Å²) >= 11 is 0. The summed E-state index contributed by atoms with van der Waals surface area (Å²) in [6.07, 6.45) is 0.618. The fourth-order valence-electron chi connectivity index (χ4n) is 2.38. The molecule has 0 aromatic heterocycles. The maximum atomic E-state index is 12.2. The van der Waals surface area contributed by atoms with Gasteiger partial charge in [0.15, 0.2) is 0 Å². The van der Waals surface area contributed by atoms with Gasteiger partial charge >= 0.3 is 0 Å². The highest BCUT2D eigenvalue weighted by molar-refractivity contribution is 7.89. The van der Waals surface area contributed by atoms with Gasteiger partial charge in [-0.05, 0) is 36.6 Å². The lowest BCUT2D eigenvalue weighted by Crippen LogP contribution is -2.24. The number of rotatable bonds is 4. The minimum atomic E-state index is -3.45. The van der Waals surface area contributed by atoms with Crippen molar-refractivity contribution in [3.63, 3.8) is 0 Å². The van der Waals surface area contributed by atoms with Crippen LogP contribution >= 0.6 is 0 Å². The first-order valence-electron chi connectivity index (χ1n) is 6.40. The van der Waals surface area contributed by atoms with Crippen molar-refractivity contribution in [3.8, 4) is 5.75 Å². The molecule has 1 unspecified atom stereocenters. The number of nitrogens with two attached hydrogens (primary N) is 1. The molecule has 0 fully saturated rings. The van der Waals surface area contributed by atoms with Gasteiger partial charge in [-0.1, -0.05) is 6.92 Å². The summed E-state index contributed by atoms with van der Waals surface area (Å²) in [5.41, 5.74) is 8.16. The molecule has 0 radical (unpaired) electrons. The van der Waals surface area contributed by atoms with Crippen LogP contribution in [0.15, 0.2) is 11.0 Å². The van der Waals surface area contributed by atoms with E-state index >= 15 is 0 Å². The highest BCUT2D eigenvalue weighted by Crippen LogP contribution is 2.37. The molecule has 1 aliphatic rings. The number of hydrogen-bond acceptors (Lipinski definition) is 4. The van der Waals surface area contributed by atoms with Crippen molar-refractivity contribution in [1.29, 1.82) is 0 Å². The Labute approximate surface area is 114 Å². The highest BCUT2D eigenvalue weighted by atomic mass is 32.2. The van der Waals surface area contributed by atoms with E-state index in [0.717, 1.165) is 22.4 Å². The fourth-order valence-corrected chi connectivity index (χ4v) is 3.76. The van der Waals surface area contributed by atoms with Crippen molar-refractivity contribution in [2.75, 3.05) is 13.1 Å². The summed E-state index contributed by atoms with van der Waals surface area (Å²) in [7, 11) is -3.45. The molecule has 1 aliphatic heterocycles. The monoisotopic (exact) mass is 284 g/mol. The van der Waals surface area contributed by atoms with E-state index in [4.69, 9.17) is 10.5 Å². The van der Waals surface area contributed by atoms with E-state index in [1.54, 1.807) is 19.9 Å². The van der Waals surface area contributed by atoms with Crippen LogP contribution in [-0.4, -0.2) is 27.6 Å². The number of fused-ring (bicyclic) bond motifs is 1. The number of ether oxygens (including phenoxy) is 1. The summed E-state index contributed by atoms with van der Waals surface area (Å²) < 4.78 is 32.6. The lowest BCUT2D eigenvalue weighted by molar-refractivity contribution is 0.240. The van der Waals surface area contributed by atoms with Gasteiger partial charge in [0.05, 0.1) is 4.90 Å². The van der Waals surface area contributed by atoms with Gasteiger partial charge < -0.3 is 10.5 Å². The maximum Gasteiger partial charge on any atom is 0.240 e. The summed E-state index contributed by atoms with van der Waals surface area (Å²) in [5.74, 6) is 0.795. The number of hydrogen-bond donors (Lipinski definition) is 2. The van der Waals surface area contributed by atoms with Crippen LogP contribution in [0.2, 0.25) is 0 Å². The molecule has 1 heterocycles. The van der Waals surface area contributed by atoms with E-state index in [9.17, 15) is 8.42 Å². The van der Waals surface area contributed by atoms with Gasteiger partial charge in [0.2, 0.25) is 10.0 Å². The number of nitrogens with one attached hydrogen (secondary N) is 1. The average molecular weight is 284 g/mol. The Hall–Kier alpha value is -1.11. The molecule has 6 heteroatoms. The molecular weight excluding hydrogens is 264 g/mol. The zero-order chi connectivity index (χ0) is 14.2. The third-order valence-electron chi connectivity index (χ3n) is 3.49. The predicted molar refractivity (Wildman–Crippen MR) is 74.0 cm³/mol. The van der Waals surface area contributed by atoms with Crippen molar-refractivity contribution in [1.82, 2.24) is 4.72 Å². The van der Waals surface area contributed by atoms with Gasteiger partial charge in [-0.2, -0.15) is 0 Å². The Kier molecular flexibility index (Phi) is 3.85. The van der Waals surface area contributed by atoms with Crippen LogP contribution in [0.1, 0.15) is 23.6 Å². The Morgan fingerprint density at radius 1 is 1.42 bits per heavy atom. The third-order valence-corrected chi connectivity index (χ3v) is 5.16. The summed E-state index contributed by atoms with van der Waals surface area (Å²) in [6, 6.07) is 1.71. The first kappa shape index (κ1) is 14.3. The van der Waals surface area contributed by atoms with Gasteiger partial charge in [-0.3, -0.25) is 0 Å². The summed E-state index contributed by atoms with van der Waals surface area (Å²) in [4.78, 5) is 0.340. The quantitative estimate of drug-likeness (QED) is 0.859. The average Bonchev–Trinajstić information content (AvgIpc) is 2.77. The fraction of sp³-hybridized carbons (Fsp3) is 0.538. The first-order chi connectivity index (χ1) is 8.90. The van der Waals surface area contributed by atoms with Gasteiger partial charge in [0.25, 0.3) is 0 Å². The number of benzene rings is 1. The van der Waals surface area contributed by atoms with Crippen LogP contribution in [0, 0.1) is 13.8 Å². The molecule has 19 heavy (non-hydrogen) atoms. The molecule has 2 rings (SSSR count). The zero-order valence-electron chi connectivity index (χ0n) is 11.5. The van der Waals surface area contributed by atoms with Crippen LogP contribution in [0.5, 0.6) is 5.75 Å².